The summed E-state index contributed by atoms with van der Waals surface area (Å²) < 4.78 is 1.55. The van der Waals surface area contributed by atoms with Gasteiger partial charge in [-0.15, -0.1) is 10.2 Å². The van der Waals surface area contributed by atoms with Crippen molar-refractivity contribution in [3.8, 4) is 5.82 Å². The summed E-state index contributed by atoms with van der Waals surface area (Å²) in [7, 11) is 0. The Morgan fingerprint density at radius 3 is 2.29 bits per heavy atom. The number of hydrogen-bond acceptors (Lipinski definition) is 3. The second-order valence-corrected chi connectivity index (χ2v) is 5.50. The van der Waals surface area contributed by atoms with E-state index >= 15 is 0 Å². The van der Waals surface area contributed by atoms with Crippen molar-refractivity contribution in [3.05, 3.63) is 34.2 Å². The van der Waals surface area contributed by atoms with Crippen LogP contribution in [-0.4, -0.2) is 20.0 Å². The summed E-state index contributed by atoms with van der Waals surface area (Å²) in [5.74, 6) is 0.551. The van der Waals surface area contributed by atoms with E-state index < -0.39 is 0 Å². The van der Waals surface area contributed by atoms with Crippen molar-refractivity contribution in [1.82, 2.24) is 20.0 Å². The zero-order valence-corrected chi connectivity index (χ0v) is 11.3. The van der Waals surface area contributed by atoms with Crippen molar-refractivity contribution < 1.29 is 0 Å². The predicted molar refractivity (Wildman–Crippen MR) is 67.9 cm³/mol. The van der Waals surface area contributed by atoms with E-state index in [1.807, 2.05) is 6.07 Å². The molecule has 0 fully saturated rings. The summed E-state index contributed by atoms with van der Waals surface area (Å²) in [6.07, 6.45) is 0. The van der Waals surface area contributed by atoms with Gasteiger partial charge in [-0.25, -0.2) is 4.68 Å². The highest BCUT2D eigenvalue weighted by atomic mass is 35.5. The molecule has 0 amide bonds. The van der Waals surface area contributed by atoms with Gasteiger partial charge in [-0.05, 0) is 18.2 Å². The molecule has 0 aliphatic heterocycles. The smallest absolute Gasteiger partial charge is 0.177 e. The molecule has 0 atom stereocenters. The van der Waals surface area contributed by atoms with E-state index in [1.165, 1.54) is 0 Å². The maximum absolute atomic E-state index is 6.13. The quantitative estimate of drug-likeness (QED) is 0.799. The van der Waals surface area contributed by atoms with Crippen LogP contribution in [0.1, 0.15) is 26.5 Å². The lowest BCUT2D eigenvalue weighted by atomic mass is 9.93. The van der Waals surface area contributed by atoms with Crippen molar-refractivity contribution in [3.63, 3.8) is 0 Å². The van der Waals surface area contributed by atoms with E-state index in [-0.39, 0.29) is 5.41 Å². The van der Waals surface area contributed by atoms with E-state index in [9.17, 15) is 0 Å². The minimum atomic E-state index is -0.0608. The van der Waals surface area contributed by atoms with Crippen LogP contribution in [0.5, 0.6) is 0 Å². The molecule has 0 aliphatic carbocycles. The molecule has 6 heteroatoms. The van der Waals surface area contributed by atoms with E-state index in [0.717, 1.165) is 5.69 Å². The first-order chi connectivity index (χ1) is 7.88. The van der Waals surface area contributed by atoms with Crippen molar-refractivity contribution in [2.75, 3.05) is 0 Å². The van der Waals surface area contributed by atoms with Gasteiger partial charge < -0.3 is 0 Å². The molecule has 0 unspecified atom stereocenters. The van der Waals surface area contributed by atoms with Gasteiger partial charge in [0.15, 0.2) is 11.0 Å². The molecular formula is C11H12Cl2N4. The third-order valence-electron chi connectivity index (χ3n) is 2.27. The Morgan fingerprint density at radius 1 is 1.12 bits per heavy atom. The van der Waals surface area contributed by atoms with Gasteiger partial charge in [0.1, 0.15) is 5.15 Å². The van der Waals surface area contributed by atoms with Gasteiger partial charge in [-0.3, -0.25) is 0 Å². The average molecular weight is 271 g/mol. The fourth-order valence-corrected chi connectivity index (χ4v) is 1.64. The molecule has 0 saturated carbocycles. The average Bonchev–Trinajstić information content (AvgIpc) is 2.61. The fraction of sp³-hybridized carbons (Fsp3) is 0.364. The Hall–Kier alpha value is -1.13. The molecule has 17 heavy (non-hydrogen) atoms. The second-order valence-electron chi connectivity index (χ2n) is 4.73. The van der Waals surface area contributed by atoms with Gasteiger partial charge >= 0.3 is 0 Å². The summed E-state index contributed by atoms with van der Waals surface area (Å²) in [5.41, 5.74) is 0.841. The standard InChI is InChI=1S/C11H12Cl2N4/c1-11(2,3)7-6-9(13)17(16-7)10-5-4-8(12)14-15-10/h4-6H,1-3H3. The molecule has 2 aromatic rings. The summed E-state index contributed by atoms with van der Waals surface area (Å²) in [5, 5.41) is 13.0. The van der Waals surface area contributed by atoms with Crippen molar-refractivity contribution >= 4 is 23.2 Å². The third kappa shape index (κ3) is 2.58. The highest BCUT2D eigenvalue weighted by molar-refractivity contribution is 6.30. The van der Waals surface area contributed by atoms with Crippen LogP contribution in [-0.2, 0) is 5.41 Å². The largest absolute Gasteiger partial charge is 0.202 e. The first kappa shape index (κ1) is 12.3. The molecule has 0 saturated heterocycles. The van der Waals surface area contributed by atoms with Crippen LogP contribution in [0.3, 0.4) is 0 Å². The molecule has 0 bridgehead atoms. The number of aromatic nitrogens is 4. The Morgan fingerprint density at radius 2 is 1.82 bits per heavy atom. The molecule has 0 radical (unpaired) electrons. The number of hydrogen-bond donors (Lipinski definition) is 0. The lowest BCUT2D eigenvalue weighted by Gasteiger charge is -2.13. The first-order valence-corrected chi connectivity index (χ1v) is 5.89. The predicted octanol–water partition coefficient (Wildman–Crippen LogP) is 3.27. The van der Waals surface area contributed by atoms with Gasteiger partial charge in [-0.1, -0.05) is 44.0 Å². The SMILES string of the molecule is CC(C)(C)c1cc(Cl)n(-c2ccc(Cl)nn2)n1. The lowest BCUT2D eigenvalue weighted by molar-refractivity contribution is 0.559. The highest BCUT2D eigenvalue weighted by Gasteiger charge is 2.20. The third-order valence-corrected chi connectivity index (χ3v) is 2.74. The van der Waals surface area contributed by atoms with Gasteiger partial charge in [0.2, 0.25) is 0 Å². The molecule has 2 heterocycles. The highest BCUT2D eigenvalue weighted by Crippen LogP contribution is 2.25. The van der Waals surface area contributed by atoms with Crippen LogP contribution >= 0.6 is 23.2 Å². The Balaban J connectivity index is 2.46. The Labute approximate surface area is 110 Å². The molecule has 90 valence electrons. The Kier molecular flexibility index (Phi) is 3.10. The monoisotopic (exact) mass is 270 g/mol. The number of halogens is 2. The molecule has 4 nitrogen and oxygen atoms in total. The number of nitrogens with zero attached hydrogens (tertiary/aromatic N) is 4. The summed E-state index contributed by atoms with van der Waals surface area (Å²) in [6.45, 7) is 6.22. The van der Waals surface area contributed by atoms with Crippen LogP contribution in [0.25, 0.3) is 5.82 Å². The maximum atomic E-state index is 6.13. The van der Waals surface area contributed by atoms with Crippen LogP contribution in [0, 0.1) is 0 Å². The zero-order chi connectivity index (χ0) is 12.6. The molecule has 0 N–H and O–H groups in total. The molecule has 0 spiro atoms. The molecule has 2 rings (SSSR count). The molecule has 2 aromatic heterocycles. The normalized spacial score (nSPS) is 11.8. The first-order valence-electron chi connectivity index (χ1n) is 5.13. The van der Waals surface area contributed by atoms with Gasteiger partial charge in [-0.2, -0.15) is 5.10 Å². The van der Waals surface area contributed by atoms with Gasteiger partial charge in [0.05, 0.1) is 5.69 Å². The Bertz CT molecular complexity index is 525. The van der Waals surface area contributed by atoms with Crippen molar-refractivity contribution in [2.24, 2.45) is 0 Å². The van der Waals surface area contributed by atoms with E-state index in [1.54, 1.807) is 16.8 Å². The summed E-state index contributed by atoms with van der Waals surface area (Å²) in [6, 6.07) is 5.21. The van der Waals surface area contributed by atoms with Gasteiger partial charge in [0, 0.05) is 5.41 Å². The van der Waals surface area contributed by atoms with Crippen LogP contribution in [0.2, 0.25) is 10.3 Å². The van der Waals surface area contributed by atoms with E-state index in [4.69, 9.17) is 23.2 Å². The minimum Gasteiger partial charge on any atom is -0.202 e. The molecule has 0 aromatic carbocycles. The van der Waals surface area contributed by atoms with Crippen LogP contribution in [0.4, 0.5) is 0 Å². The minimum absolute atomic E-state index is 0.0608. The molecular weight excluding hydrogens is 259 g/mol. The summed E-state index contributed by atoms with van der Waals surface area (Å²) >= 11 is 11.8. The fourth-order valence-electron chi connectivity index (χ4n) is 1.31. The topological polar surface area (TPSA) is 43.6 Å². The second kappa shape index (κ2) is 4.27. The van der Waals surface area contributed by atoms with Gasteiger partial charge in [0.25, 0.3) is 0 Å². The van der Waals surface area contributed by atoms with Crippen molar-refractivity contribution in [1.29, 1.82) is 0 Å². The maximum Gasteiger partial charge on any atom is 0.177 e. The van der Waals surface area contributed by atoms with E-state index in [0.29, 0.717) is 16.1 Å². The van der Waals surface area contributed by atoms with E-state index in [2.05, 4.69) is 36.1 Å². The molecule has 0 aliphatic rings. The number of rotatable bonds is 1. The zero-order valence-electron chi connectivity index (χ0n) is 9.78. The van der Waals surface area contributed by atoms with Crippen LogP contribution in [0.15, 0.2) is 18.2 Å². The lowest BCUT2D eigenvalue weighted by Crippen LogP contribution is -2.13. The summed E-state index contributed by atoms with van der Waals surface area (Å²) in [4.78, 5) is 0. The van der Waals surface area contributed by atoms with Crippen molar-refractivity contribution in [2.45, 2.75) is 26.2 Å². The van der Waals surface area contributed by atoms with Crippen LogP contribution < -0.4 is 0 Å².